The van der Waals surface area contributed by atoms with Crippen molar-refractivity contribution in [2.45, 2.75) is 40.5 Å². The van der Waals surface area contributed by atoms with E-state index in [9.17, 15) is 0 Å². The van der Waals surface area contributed by atoms with Crippen LogP contribution < -0.4 is 10.1 Å². The first-order chi connectivity index (χ1) is 14.5. The maximum Gasteiger partial charge on any atom is 0.218 e. The summed E-state index contributed by atoms with van der Waals surface area (Å²) in [5, 5.41) is 9.06. The van der Waals surface area contributed by atoms with E-state index in [1.54, 1.807) is 0 Å². The van der Waals surface area contributed by atoms with Gasteiger partial charge in [-0.25, -0.2) is 4.98 Å². The molecule has 0 unspecified atom stereocenters. The smallest absolute Gasteiger partial charge is 0.218 e. The number of benzene rings is 2. The third-order valence-corrected chi connectivity index (χ3v) is 5.22. The Hall–Kier alpha value is -3.18. The molecule has 30 heavy (non-hydrogen) atoms. The minimum Gasteiger partial charge on any atom is -0.473 e. The van der Waals surface area contributed by atoms with Crippen LogP contribution in [-0.4, -0.2) is 14.8 Å². The van der Waals surface area contributed by atoms with Gasteiger partial charge in [-0.05, 0) is 44.0 Å². The van der Waals surface area contributed by atoms with Crippen molar-refractivity contribution < 1.29 is 4.74 Å². The number of aryl methyl sites for hydroxylation is 4. The number of nitrogens with zero attached hydrogens (tertiary/aromatic N) is 3. The fraction of sp³-hybridized carbons (Fsp3) is 0.280. The van der Waals surface area contributed by atoms with Gasteiger partial charge in [0.25, 0.3) is 0 Å². The van der Waals surface area contributed by atoms with Crippen LogP contribution in [0.4, 0.5) is 0 Å². The van der Waals surface area contributed by atoms with Gasteiger partial charge in [-0.3, -0.25) is 4.68 Å². The second-order valence-corrected chi connectivity index (χ2v) is 7.94. The van der Waals surface area contributed by atoms with Crippen molar-refractivity contribution in [1.82, 2.24) is 20.1 Å². The minimum absolute atomic E-state index is 0.501. The summed E-state index contributed by atoms with van der Waals surface area (Å²) in [5.41, 5.74) is 7.83. The van der Waals surface area contributed by atoms with Gasteiger partial charge in [0.05, 0.1) is 11.2 Å². The lowest BCUT2D eigenvalue weighted by molar-refractivity contribution is 0.290. The fourth-order valence-electron chi connectivity index (χ4n) is 3.66. The molecule has 4 rings (SSSR count). The third kappa shape index (κ3) is 4.69. The quantitative estimate of drug-likeness (QED) is 0.486. The van der Waals surface area contributed by atoms with Gasteiger partial charge < -0.3 is 10.1 Å². The Kier molecular flexibility index (Phi) is 5.81. The summed E-state index contributed by atoms with van der Waals surface area (Å²) in [6, 6.07) is 16.9. The first-order valence-electron chi connectivity index (χ1n) is 10.3. The number of hydrogen-bond acceptors (Lipinski definition) is 4. The molecule has 4 aromatic rings. The average molecular weight is 401 g/mol. The summed E-state index contributed by atoms with van der Waals surface area (Å²) in [4.78, 5) is 4.84. The van der Waals surface area contributed by atoms with Crippen molar-refractivity contribution in [1.29, 1.82) is 0 Å². The third-order valence-electron chi connectivity index (χ3n) is 5.22. The second kappa shape index (κ2) is 8.67. The number of rotatable bonds is 7. The zero-order valence-electron chi connectivity index (χ0n) is 18.1. The Balaban J connectivity index is 1.56. The Morgan fingerprint density at radius 1 is 0.933 bits per heavy atom. The molecule has 154 valence electrons. The normalized spacial score (nSPS) is 11.2. The van der Waals surface area contributed by atoms with Gasteiger partial charge >= 0.3 is 0 Å². The van der Waals surface area contributed by atoms with Gasteiger partial charge in [0.15, 0.2) is 0 Å². The van der Waals surface area contributed by atoms with E-state index < -0.39 is 0 Å². The molecule has 0 spiro atoms. The first-order valence-corrected chi connectivity index (χ1v) is 10.3. The molecule has 0 saturated heterocycles. The molecular weight excluding hydrogens is 372 g/mol. The minimum atomic E-state index is 0.501. The highest BCUT2D eigenvalue weighted by Gasteiger charge is 2.10. The van der Waals surface area contributed by atoms with Crippen LogP contribution in [-0.2, 0) is 26.7 Å². The van der Waals surface area contributed by atoms with Crippen LogP contribution in [0.1, 0.15) is 33.5 Å². The summed E-state index contributed by atoms with van der Waals surface area (Å²) >= 11 is 0. The van der Waals surface area contributed by atoms with Gasteiger partial charge in [0.1, 0.15) is 6.61 Å². The predicted octanol–water partition coefficient (Wildman–Crippen LogP) is 4.76. The van der Waals surface area contributed by atoms with E-state index in [-0.39, 0.29) is 0 Å². The van der Waals surface area contributed by atoms with E-state index >= 15 is 0 Å². The maximum atomic E-state index is 6.19. The van der Waals surface area contributed by atoms with Crippen molar-refractivity contribution in [2.24, 2.45) is 7.05 Å². The van der Waals surface area contributed by atoms with E-state index in [1.165, 1.54) is 16.7 Å². The Morgan fingerprint density at radius 2 is 1.73 bits per heavy atom. The molecule has 2 aromatic carbocycles. The number of nitrogens with one attached hydrogen (secondary N) is 1. The molecule has 5 heteroatoms. The van der Waals surface area contributed by atoms with Crippen molar-refractivity contribution in [3.05, 3.63) is 88.2 Å². The molecule has 0 atom stereocenters. The average Bonchev–Trinajstić information content (AvgIpc) is 3.03. The zero-order valence-corrected chi connectivity index (χ0v) is 18.1. The lowest BCUT2D eigenvalue weighted by Crippen LogP contribution is -2.14. The summed E-state index contributed by atoms with van der Waals surface area (Å²) in [6.07, 6.45) is 2.05. The van der Waals surface area contributed by atoms with Gasteiger partial charge in [0.2, 0.25) is 5.88 Å². The molecule has 0 aliphatic heterocycles. The SMILES string of the molecule is Cc1cccc(COc2nc3cc(C)ccc3cc2CNCc2cn(C)nc2C)c1. The van der Waals surface area contributed by atoms with Crippen LogP contribution in [0.2, 0.25) is 0 Å². The monoisotopic (exact) mass is 400 g/mol. The Morgan fingerprint density at radius 3 is 2.50 bits per heavy atom. The number of pyridine rings is 1. The van der Waals surface area contributed by atoms with Crippen molar-refractivity contribution in [2.75, 3.05) is 0 Å². The van der Waals surface area contributed by atoms with Gasteiger partial charge in [-0.2, -0.15) is 5.10 Å². The maximum absolute atomic E-state index is 6.19. The molecule has 0 bridgehead atoms. The van der Waals surface area contributed by atoms with Crippen molar-refractivity contribution in [3.63, 3.8) is 0 Å². The van der Waals surface area contributed by atoms with Crippen molar-refractivity contribution >= 4 is 10.9 Å². The summed E-state index contributed by atoms with van der Waals surface area (Å²) in [5.74, 6) is 0.685. The molecule has 1 N–H and O–H groups in total. The molecule has 0 radical (unpaired) electrons. The van der Waals surface area contributed by atoms with E-state index in [4.69, 9.17) is 9.72 Å². The predicted molar refractivity (Wildman–Crippen MR) is 120 cm³/mol. The van der Waals surface area contributed by atoms with E-state index in [0.717, 1.165) is 34.3 Å². The summed E-state index contributed by atoms with van der Waals surface area (Å²) < 4.78 is 8.04. The molecule has 0 aliphatic rings. The van der Waals surface area contributed by atoms with Gasteiger partial charge in [-0.1, -0.05) is 42.0 Å². The number of aromatic nitrogens is 3. The van der Waals surface area contributed by atoms with Crippen LogP contribution >= 0.6 is 0 Å². The van der Waals surface area contributed by atoms with Gasteiger partial charge in [-0.15, -0.1) is 0 Å². The first kappa shape index (κ1) is 20.1. The summed E-state index contributed by atoms with van der Waals surface area (Å²) in [6.45, 7) is 8.14. The van der Waals surface area contributed by atoms with Crippen LogP contribution in [0.5, 0.6) is 5.88 Å². The molecule has 0 aliphatic carbocycles. The number of fused-ring (bicyclic) bond motifs is 1. The molecule has 2 aromatic heterocycles. The van der Waals surface area contributed by atoms with Crippen LogP contribution in [0.15, 0.2) is 54.7 Å². The van der Waals surface area contributed by atoms with Gasteiger partial charge in [0, 0.05) is 42.8 Å². The molecule has 5 nitrogen and oxygen atoms in total. The molecule has 0 fully saturated rings. The highest BCUT2D eigenvalue weighted by atomic mass is 16.5. The molecule has 2 heterocycles. The Bertz CT molecular complexity index is 1180. The molecule has 0 saturated carbocycles. The van der Waals surface area contributed by atoms with Crippen LogP contribution in [0.3, 0.4) is 0 Å². The lowest BCUT2D eigenvalue weighted by Gasteiger charge is -2.13. The summed E-state index contributed by atoms with van der Waals surface area (Å²) in [7, 11) is 1.95. The second-order valence-electron chi connectivity index (χ2n) is 7.94. The fourth-order valence-corrected chi connectivity index (χ4v) is 3.66. The largest absolute Gasteiger partial charge is 0.473 e. The standard InChI is InChI=1S/C25H28N4O/c1-17-6-5-7-20(10-17)16-30-25-22(12-21-9-8-18(2)11-24(21)27-25)13-26-14-23-15-29(4)28-19(23)3/h5-12,15,26H,13-14,16H2,1-4H3. The number of hydrogen-bond donors (Lipinski definition) is 1. The Labute approximate surface area is 177 Å². The molecule has 0 amide bonds. The van der Waals surface area contributed by atoms with Crippen molar-refractivity contribution in [3.8, 4) is 5.88 Å². The van der Waals surface area contributed by atoms with E-state index in [2.05, 4.69) is 79.0 Å². The van der Waals surface area contributed by atoms with Crippen LogP contribution in [0.25, 0.3) is 10.9 Å². The highest BCUT2D eigenvalue weighted by Crippen LogP contribution is 2.24. The topological polar surface area (TPSA) is 52.0 Å². The lowest BCUT2D eigenvalue weighted by atomic mass is 10.1. The number of ether oxygens (including phenoxy) is 1. The highest BCUT2D eigenvalue weighted by molar-refractivity contribution is 5.80. The van der Waals surface area contributed by atoms with Crippen LogP contribution in [0, 0.1) is 20.8 Å². The zero-order chi connectivity index (χ0) is 21.1. The molecular formula is C25H28N4O. The van der Waals surface area contributed by atoms with E-state index in [1.807, 2.05) is 18.7 Å². The van der Waals surface area contributed by atoms with E-state index in [0.29, 0.717) is 19.0 Å².